The fourth-order valence-corrected chi connectivity index (χ4v) is 4.82. The monoisotopic (exact) mass is 405 g/mol. The molecule has 1 heterocycles. The highest BCUT2D eigenvalue weighted by Gasteiger charge is 2.27. The van der Waals surface area contributed by atoms with Crippen LogP contribution in [0.5, 0.6) is 5.75 Å². The third-order valence-electron chi connectivity index (χ3n) is 4.84. The van der Waals surface area contributed by atoms with Gasteiger partial charge in [-0.05, 0) is 44.0 Å². The van der Waals surface area contributed by atoms with E-state index in [2.05, 4.69) is 9.62 Å². The standard InChI is InChI=1S/C19H23N3O5S/c1-14-12-16(9-10-17(14)22(23)24)28(25,26)20-15-6-5-11-21(13-15)18-7-3-4-8-19(18)27-2/h3-4,7-10,12,15,20H,5-6,11,13H2,1-2H3. The third kappa shape index (κ3) is 4.26. The SMILES string of the molecule is COc1ccccc1N1CCCC(NS(=O)(=O)c2ccc([N+](=O)[O-])c(C)c2)C1. The van der Waals surface area contributed by atoms with Gasteiger partial charge in [0.25, 0.3) is 5.69 Å². The zero-order chi connectivity index (χ0) is 20.3. The normalized spacial score (nSPS) is 17.4. The number of rotatable bonds is 6. The number of benzene rings is 2. The molecule has 9 heteroatoms. The summed E-state index contributed by atoms with van der Waals surface area (Å²) in [5.41, 5.74) is 1.14. The summed E-state index contributed by atoms with van der Waals surface area (Å²) in [6.07, 6.45) is 1.56. The van der Waals surface area contributed by atoms with Gasteiger partial charge >= 0.3 is 0 Å². The lowest BCUT2D eigenvalue weighted by Gasteiger charge is -2.35. The van der Waals surface area contributed by atoms with Gasteiger partial charge in [-0.15, -0.1) is 0 Å². The van der Waals surface area contributed by atoms with Crippen molar-refractivity contribution in [2.75, 3.05) is 25.1 Å². The van der Waals surface area contributed by atoms with E-state index in [1.165, 1.54) is 25.1 Å². The van der Waals surface area contributed by atoms with Gasteiger partial charge in [0.2, 0.25) is 10.0 Å². The number of piperidine rings is 1. The van der Waals surface area contributed by atoms with E-state index in [-0.39, 0.29) is 16.6 Å². The molecule has 0 aromatic heterocycles. The molecule has 1 aliphatic heterocycles. The van der Waals surface area contributed by atoms with E-state index < -0.39 is 14.9 Å². The maximum Gasteiger partial charge on any atom is 0.272 e. The minimum absolute atomic E-state index is 0.0324. The number of sulfonamides is 1. The number of nitrogens with one attached hydrogen (secondary N) is 1. The molecule has 28 heavy (non-hydrogen) atoms. The van der Waals surface area contributed by atoms with Gasteiger partial charge in [0.15, 0.2) is 0 Å². The molecule has 1 N–H and O–H groups in total. The molecule has 0 aliphatic carbocycles. The Morgan fingerprint density at radius 1 is 1.25 bits per heavy atom. The zero-order valence-corrected chi connectivity index (χ0v) is 16.6. The average Bonchev–Trinajstić information content (AvgIpc) is 2.67. The smallest absolute Gasteiger partial charge is 0.272 e. The second kappa shape index (κ2) is 8.15. The second-order valence-corrected chi connectivity index (χ2v) is 8.50. The first-order valence-corrected chi connectivity index (χ1v) is 10.5. The van der Waals surface area contributed by atoms with Crippen molar-refractivity contribution in [1.29, 1.82) is 0 Å². The minimum atomic E-state index is -3.78. The Morgan fingerprint density at radius 2 is 2.00 bits per heavy atom. The van der Waals surface area contributed by atoms with Crippen molar-refractivity contribution in [2.45, 2.75) is 30.7 Å². The van der Waals surface area contributed by atoms with Crippen molar-refractivity contribution in [3.05, 3.63) is 58.1 Å². The lowest BCUT2D eigenvalue weighted by Crippen LogP contribution is -2.47. The Labute approximate surface area is 164 Å². The van der Waals surface area contributed by atoms with E-state index in [9.17, 15) is 18.5 Å². The van der Waals surface area contributed by atoms with Crippen LogP contribution in [0.1, 0.15) is 18.4 Å². The maximum absolute atomic E-state index is 12.8. The molecule has 1 fully saturated rings. The van der Waals surface area contributed by atoms with Crippen LogP contribution in [0.4, 0.5) is 11.4 Å². The van der Waals surface area contributed by atoms with Gasteiger partial charge in [0.1, 0.15) is 5.75 Å². The first-order valence-electron chi connectivity index (χ1n) is 8.97. The van der Waals surface area contributed by atoms with E-state index in [4.69, 9.17) is 4.74 Å². The fraction of sp³-hybridized carbons (Fsp3) is 0.368. The molecule has 1 unspecified atom stereocenters. The largest absolute Gasteiger partial charge is 0.495 e. The predicted octanol–water partition coefficient (Wildman–Crippen LogP) is 2.86. The zero-order valence-electron chi connectivity index (χ0n) is 15.8. The first-order chi connectivity index (χ1) is 13.3. The molecule has 0 spiro atoms. The number of hydrogen-bond donors (Lipinski definition) is 1. The van der Waals surface area contributed by atoms with E-state index in [1.54, 1.807) is 7.11 Å². The summed E-state index contributed by atoms with van der Waals surface area (Å²) >= 11 is 0. The summed E-state index contributed by atoms with van der Waals surface area (Å²) in [6, 6.07) is 11.2. The van der Waals surface area contributed by atoms with Crippen LogP contribution >= 0.6 is 0 Å². The number of ether oxygens (including phenoxy) is 1. The number of nitro benzene ring substituents is 1. The Morgan fingerprint density at radius 3 is 2.68 bits per heavy atom. The molecule has 0 radical (unpaired) electrons. The minimum Gasteiger partial charge on any atom is -0.495 e. The van der Waals surface area contributed by atoms with Crippen LogP contribution < -0.4 is 14.4 Å². The van der Waals surface area contributed by atoms with Crippen LogP contribution in [-0.2, 0) is 10.0 Å². The summed E-state index contributed by atoms with van der Waals surface area (Å²) in [4.78, 5) is 12.6. The molecule has 2 aromatic rings. The quantitative estimate of drug-likeness (QED) is 0.586. The van der Waals surface area contributed by atoms with Gasteiger partial charge in [-0.1, -0.05) is 12.1 Å². The van der Waals surface area contributed by atoms with Crippen LogP contribution in [0, 0.1) is 17.0 Å². The molecular weight excluding hydrogens is 382 g/mol. The Balaban J connectivity index is 1.77. The molecule has 3 rings (SSSR count). The number of methoxy groups -OCH3 is 1. The summed E-state index contributed by atoms with van der Waals surface area (Å²) in [7, 11) is -2.17. The van der Waals surface area contributed by atoms with Crippen molar-refractivity contribution in [3.63, 3.8) is 0 Å². The highest BCUT2D eigenvalue weighted by Crippen LogP contribution is 2.30. The molecule has 0 saturated carbocycles. The van der Waals surface area contributed by atoms with Crippen LogP contribution in [0.25, 0.3) is 0 Å². The van der Waals surface area contributed by atoms with Crippen LogP contribution in [0.15, 0.2) is 47.4 Å². The Bertz CT molecular complexity index is 977. The van der Waals surface area contributed by atoms with Crippen molar-refractivity contribution in [3.8, 4) is 5.75 Å². The molecule has 1 aliphatic rings. The third-order valence-corrected chi connectivity index (χ3v) is 6.36. The summed E-state index contributed by atoms with van der Waals surface area (Å²) in [5.74, 6) is 0.747. The van der Waals surface area contributed by atoms with Gasteiger partial charge in [0.05, 0.1) is 22.6 Å². The van der Waals surface area contributed by atoms with Crippen LogP contribution in [0.2, 0.25) is 0 Å². The van der Waals surface area contributed by atoms with Crippen LogP contribution in [0.3, 0.4) is 0 Å². The number of nitrogens with zero attached hydrogens (tertiary/aromatic N) is 2. The highest BCUT2D eigenvalue weighted by molar-refractivity contribution is 7.89. The Hall–Kier alpha value is -2.65. The second-order valence-electron chi connectivity index (χ2n) is 6.78. The van der Waals surface area contributed by atoms with Crippen molar-refractivity contribution in [2.24, 2.45) is 0 Å². The molecule has 8 nitrogen and oxygen atoms in total. The summed E-state index contributed by atoms with van der Waals surface area (Å²) < 4.78 is 33.7. The van der Waals surface area contributed by atoms with E-state index in [0.717, 1.165) is 30.8 Å². The van der Waals surface area contributed by atoms with Gasteiger partial charge in [-0.2, -0.15) is 0 Å². The molecule has 2 aromatic carbocycles. The Kier molecular flexibility index (Phi) is 5.85. The summed E-state index contributed by atoms with van der Waals surface area (Å²) in [6.45, 7) is 2.86. The average molecular weight is 405 g/mol. The topological polar surface area (TPSA) is 102 Å². The van der Waals surface area contributed by atoms with Crippen molar-refractivity contribution < 1.29 is 18.1 Å². The summed E-state index contributed by atoms with van der Waals surface area (Å²) in [5, 5.41) is 10.9. The van der Waals surface area contributed by atoms with Gasteiger partial charge in [-0.3, -0.25) is 10.1 Å². The molecule has 1 atom stereocenters. The number of para-hydroxylation sites is 2. The van der Waals surface area contributed by atoms with Crippen molar-refractivity contribution in [1.82, 2.24) is 4.72 Å². The molecular formula is C19H23N3O5S. The van der Waals surface area contributed by atoms with Crippen molar-refractivity contribution >= 4 is 21.4 Å². The predicted molar refractivity (Wildman–Crippen MR) is 106 cm³/mol. The first kappa shape index (κ1) is 20.1. The lowest BCUT2D eigenvalue weighted by molar-refractivity contribution is -0.385. The molecule has 150 valence electrons. The van der Waals surface area contributed by atoms with Crippen LogP contribution in [-0.4, -0.2) is 39.6 Å². The van der Waals surface area contributed by atoms with E-state index in [1.807, 2.05) is 24.3 Å². The lowest BCUT2D eigenvalue weighted by atomic mass is 10.1. The maximum atomic E-state index is 12.8. The number of hydrogen-bond acceptors (Lipinski definition) is 6. The van der Waals surface area contributed by atoms with Gasteiger partial charge < -0.3 is 9.64 Å². The van der Waals surface area contributed by atoms with Gasteiger partial charge in [0, 0.05) is 30.8 Å². The number of anilines is 1. The van der Waals surface area contributed by atoms with Gasteiger partial charge in [-0.25, -0.2) is 13.1 Å². The number of aryl methyl sites for hydroxylation is 1. The van der Waals surface area contributed by atoms with E-state index in [0.29, 0.717) is 12.1 Å². The molecule has 0 amide bonds. The van der Waals surface area contributed by atoms with E-state index >= 15 is 0 Å². The number of nitro groups is 1. The molecule has 1 saturated heterocycles. The highest BCUT2D eigenvalue weighted by atomic mass is 32.2. The fourth-order valence-electron chi connectivity index (χ4n) is 3.47. The molecule has 0 bridgehead atoms.